The van der Waals surface area contributed by atoms with Crippen LogP contribution in [0.5, 0.6) is 0 Å². The van der Waals surface area contributed by atoms with E-state index in [0.29, 0.717) is 0 Å². The molecule has 0 saturated carbocycles. The molecule has 0 bridgehead atoms. The Bertz CT molecular complexity index is 327. The van der Waals surface area contributed by atoms with Crippen LogP contribution in [0.2, 0.25) is 0 Å². The van der Waals surface area contributed by atoms with Crippen molar-refractivity contribution in [1.29, 1.82) is 0 Å². The van der Waals surface area contributed by atoms with Gasteiger partial charge in [-0.15, -0.1) is 0 Å². The number of rotatable bonds is 2. The van der Waals surface area contributed by atoms with Gasteiger partial charge < -0.3 is 0 Å². The lowest BCUT2D eigenvalue weighted by molar-refractivity contribution is 0.802. The first-order chi connectivity index (χ1) is 5.95. The van der Waals surface area contributed by atoms with Gasteiger partial charge in [0.1, 0.15) is 0 Å². The van der Waals surface area contributed by atoms with Gasteiger partial charge in [-0.25, -0.2) is 0 Å². The van der Waals surface area contributed by atoms with Crippen molar-refractivity contribution in [3.05, 3.63) is 43.0 Å². The predicted octanol–water partition coefficient (Wildman–Crippen LogP) is 1.15. The number of nitrogens with one attached hydrogen (secondary N) is 1. The van der Waals surface area contributed by atoms with Gasteiger partial charge in [0, 0.05) is 12.4 Å². The maximum atomic E-state index is 3.99. The molecule has 0 spiro atoms. The predicted molar refractivity (Wildman–Crippen MR) is 45.5 cm³/mol. The van der Waals surface area contributed by atoms with Crippen LogP contribution in [-0.4, -0.2) is 14.9 Å². The molecule has 2 aromatic rings. The Morgan fingerprint density at radius 3 is 2.92 bits per heavy atom. The summed E-state index contributed by atoms with van der Waals surface area (Å²) in [6, 6.07) is 5.64. The van der Waals surface area contributed by atoms with Gasteiger partial charge in [-0.1, -0.05) is 0 Å². The van der Waals surface area contributed by atoms with Crippen molar-refractivity contribution in [3.8, 4) is 0 Å². The summed E-state index contributed by atoms with van der Waals surface area (Å²) in [6.45, 7) is 0. The molecule has 0 fully saturated rings. The van der Waals surface area contributed by atoms with E-state index in [2.05, 4.69) is 15.5 Å². The summed E-state index contributed by atoms with van der Waals surface area (Å²) in [5.74, 6) is 0. The second-order valence-electron chi connectivity index (χ2n) is 2.30. The maximum Gasteiger partial charge on any atom is 0.0745 e. The third-order valence-corrected chi connectivity index (χ3v) is 1.41. The Morgan fingerprint density at radius 1 is 1.25 bits per heavy atom. The first kappa shape index (κ1) is 6.84. The minimum atomic E-state index is 0.918. The van der Waals surface area contributed by atoms with Gasteiger partial charge >= 0.3 is 0 Å². The zero-order valence-corrected chi connectivity index (χ0v) is 6.38. The summed E-state index contributed by atoms with van der Waals surface area (Å²) in [4.78, 5) is 5.58. The van der Waals surface area contributed by atoms with Gasteiger partial charge in [-0.05, 0) is 18.2 Å². The molecule has 2 aromatic heterocycles. The van der Waals surface area contributed by atoms with E-state index in [-0.39, 0.29) is 0 Å². The number of hydrogen-bond donors (Lipinski definition) is 1. The first-order valence-corrected chi connectivity index (χ1v) is 3.62. The van der Waals surface area contributed by atoms with Crippen molar-refractivity contribution in [2.75, 3.05) is 5.43 Å². The molecule has 4 heteroatoms. The fourth-order valence-corrected chi connectivity index (χ4v) is 0.896. The third-order valence-electron chi connectivity index (χ3n) is 1.41. The molecule has 0 aliphatic heterocycles. The number of hydrogen-bond acceptors (Lipinski definition) is 3. The van der Waals surface area contributed by atoms with E-state index >= 15 is 0 Å². The standard InChI is InChI=1S/C8H8N4/c1-3-8(7-9-4-1)11-12-6-2-5-10-12/h1-7,11H. The van der Waals surface area contributed by atoms with Gasteiger partial charge in [0.25, 0.3) is 0 Å². The number of nitrogens with zero attached hydrogens (tertiary/aromatic N) is 3. The van der Waals surface area contributed by atoms with Crippen molar-refractivity contribution in [2.45, 2.75) is 0 Å². The molecule has 0 unspecified atom stereocenters. The lowest BCUT2D eigenvalue weighted by Crippen LogP contribution is -2.08. The van der Waals surface area contributed by atoms with Crippen molar-refractivity contribution < 1.29 is 0 Å². The van der Waals surface area contributed by atoms with Gasteiger partial charge in [-0.2, -0.15) is 9.89 Å². The molecular formula is C8H8N4. The molecule has 60 valence electrons. The molecule has 0 aliphatic rings. The zero-order valence-electron chi connectivity index (χ0n) is 6.38. The Balaban J connectivity index is 2.15. The van der Waals surface area contributed by atoms with E-state index in [0.717, 1.165) is 5.69 Å². The van der Waals surface area contributed by atoms with Crippen LogP contribution in [0.3, 0.4) is 0 Å². The Morgan fingerprint density at radius 2 is 2.25 bits per heavy atom. The number of aromatic nitrogens is 3. The smallest absolute Gasteiger partial charge is 0.0745 e. The van der Waals surface area contributed by atoms with E-state index in [1.165, 1.54) is 0 Å². The van der Waals surface area contributed by atoms with Gasteiger partial charge in [0.15, 0.2) is 0 Å². The molecule has 0 aliphatic carbocycles. The largest absolute Gasteiger partial charge is 0.277 e. The van der Waals surface area contributed by atoms with Crippen molar-refractivity contribution >= 4 is 5.69 Å². The lowest BCUT2D eigenvalue weighted by atomic mass is 10.4. The SMILES string of the molecule is c1cncc(Nn2cccn2)c1. The third kappa shape index (κ3) is 1.42. The molecule has 0 amide bonds. The van der Waals surface area contributed by atoms with Crippen LogP contribution in [-0.2, 0) is 0 Å². The highest BCUT2D eigenvalue weighted by Gasteiger charge is 1.89. The Hall–Kier alpha value is -1.84. The summed E-state index contributed by atoms with van der Waals surface area (Å²) in [7, 11) is 0. The summed E-state index contributed by atoms with van der Waals surface area (Å²) in [5.41, 5.74) is 3.94. The molecule has 0 aromatic carbocycles. The van der Waals surface area contributed by atoms with E-state index in [4.69, 9.17) is 0 Å². The summed E-state index contributed by atoms with van der Waals surface area (Å²) >= 11 is 0. The highest BCUT2D eigenvalue weighted by Crippen LogP contribution is 2.01. The topological polar surface area (TPSA) is 42.7 Å². The molecule has 0 radical (unpaired) electrons. The van der Waals surface area contributed by atoms with Crippen LogP contribution < -0.4 is 5.43 Å². The zero-order chi connectivity index (χ0) is 8.23. The molecule has 0 atom stereocenters. The second-order valence-corrected chi connectivity index (χ2v) is 2.30. The maximum absolute atomic E-state index is 3.99. The fourth-order valence-electron chi connectivity index (χ4n) is 0.896. The molecule has 12 heavy (non-hydrogen) atoms. The highest BCUT2D eigenvalue weighted by atomic mass is 15.5. The molecule has 1 N–H and O–H groups in total. The minimum absolute atomic E-state index is 0.918. The Kier molecular flexibility index (Phi) is 1.74. The van der Waals surface area contributed by atoms with E-state index in [1.54, 1.807) is 23.4 Å². The molecule has 0 saturated heterocycles. The number of pyridine rings is 1. The fraction of sp³-hybridized carbons (Fsp3) is 0. The van der Waals surface area contributed by atoms with Crippen LogP contribution in [0.15, 0.2) is 43.0 Å². The van der Waals surface area contributed by atoms with Crippen LogP contribution >= 0.6 is 0 Å². The van der Waals surface area contributed by atoms with Crippen molar-refractivity contribution in [3.63, 3.8) is 0 Å². The molecule has 2 rings (SSSR count). The highest BCUT2D eigenvalue weighted by molar-refractivity contribution is 5.38. The van der Waals surface area contributed by atoms with Crippen molar-refractivity contribution in [1.82, 2.24) is 14.9 Å². The van der Waals surface area contributed by atoms with E-state index < -0.39 is 0 Å². The second kappa shape index (κ2) is 3.04. The summed E-state index contributed by atoms with van der Waals surface area (Å²) < 4.78 is 0. The van der Waals surface area contributed by atoms with Crippen molar-refractivity contribution in [2.24, 2.45) is 0 Å². The van der Waals surface area contributed by atoms with Gasteiger partial charge in [0.05, 0.1) is 18.1 Å². The van der Waals surface area contributed by atoms with E-state index in [9.17, 15) is 0 Å². The molecule has 4 nitrogen and oxygen atoms in total. The summed E-state index contributed by atoms with van der Waals surface area (Å²) in [6.07, 6.45) is 7.01. The average Bonchev–Trinajstić information content (AvgIpc) is 2.59. The quantitative estimate of drug-likeness (QED) is 0.716. The van der Waals surface area contributed by atoms with Crippen LogP contribution in [0.1, 0.15) is 0 Å². The first-order valence-electron chi connectivity index (χ1n) is 3.62. The Labute approximate surface area is 69.8 Å². The molecular weight excluding hydrogens is 152 g/mol. The minimum Gasteiger partial charge on any atom is -0.277 e. The summed E-state index contributed by atoms with van der Waals surface area (Å²) in [5, 5.41) is 3.99. The average molecular weight is 160 g/mol. The van der Waals surface area contributed by atoms with Crippen LogP contribution in [0, 0.1) is 0 Å². The lowest BCUT2D eigenvalue weighted by Gasteiger charge is -2.03. The van der Waals surface area contributed by atoms with Gasteiger partial charge in [0.2, 0.25) is 0 Å². The number of anilines is 1. The molecule has 2 heterocycles. The monoisotopic (exact) mass is 160 g/mol. The van der Waals surface area contributed by atoms with Crippen LogP contribution in [0.4, 0.5) is 5.69 Å². The van der Waals surface area contributed by atoms with Gasteiger partial charge in [-0.3, -0.25) is 10.4 Å². The normalized spacial score (nSPS) is 9.67. The van der Waals surface area contributed by atoms with Crippen LogP contribution in [0.25, 0.3) is 0 Å². The van der Waals surface area contributed by atoms with E-state index in [1.807, 2.05) is 24.4 Å².